The van der Waals surface area contributed by atoms with E-state index in [2.05, 4.69) is 4.98 Å². The molecule has 7 nitrogen and oxygen atoms in total. The number of H-pyrrole nitrogens is 1. The Bertz CT molecular complexity index is 721. The van der Waals surface area contributed by atoms with Crippen LogP contribution in [0.2, 0.25) is 0 Å². The molecule has 0 radical (unpaired) electrons. The number of aromatic amines is 1. The van der Waals surface area contributed by atoms with E-state index in [1.54, 1.807) is 0 Å². The number of anilines is 1. The maximum atomic E-state index is 12.4. The number of carbonyl (C=O) groups excluding carboxylic acids is 1. The Labute approximate surface area is 119 Å². The predicted octanol–water partition coefficient (Wildman–Crippen LogP) is 0.812. The number of carboxylic acid groups (broad SMARTS) is 1. The van der Waals surface area contributed by atoms with Gasteiger partial charge in [0.05, 0.1) is 0 Å². The van der Waals surface area contributed by atoms with Gasteiger partial charge in [0.1, 0.15) is 17.9 Å². The summed E-state index contributed by atoms with van der Waals surface area (Å²) in [7, 11) is 0. The number of carbonyl (C=O) groups is 2. The van der Waals surface area contributed by atoms with Crippen molar-refractivity contribution in [2.24, 2.45) is 0 Å². The molecule has 3 N–H and O–H groups in total. The molecule has 2 aromatic rings. The van der Waals surface area contributed by atoms with Gasteiger partial charge in [-0.15, -0.1) is 0 Å². The van der Waals surface area contributed by atoms with Crippen LogP contribution >= 0.6 is 0 Å². The summed E-state index contributed by atoms with van der Waals surface area (Å²) in [4.78, 5) is 38.3. The Hall–Kier alpha value is -3.09. The molecule has 1 aromatic carbocycles. The number of amides is 1. The van der Waals surface area contributed by atoms with E-state index in [0.29, 0.717) is 0 Å². The summed E-state index contributed by atoms with van der Waals surface area (Å²) in [6.45, 7) is -0.599. The number of nitrogens with zero attached hydrogens (tertiary/aromatic N) is 1. The van der Waals surface area contributed by atoms with Gasteiger partial charge in [-0.1, -0.05) is 0 Å². The highest BCUT2D eigenvalue weighted by Crippen LogP contribution is 2.19. The number of pyridine rings is 1. The molecule has 0 saturated heterocycles. The highest BCUT2D eigenvalue weighted by Gasteiger charge is 2.22. The topological polar surface area (TPSA) is 111 Å². The zero-order valence-corrected chi connectivity index (χ0v) is 10.8. The third-order valence-corrected chi connectivity index (χ3v) is 2.75. The number of aromatic hydroxyl groups is 1. The lowest BCUT2D eigenvalue weighted by molar-refractivity contribution is -0.135. The number of hydrogen-bond donors (Lipinski definition) is 3. The SMILES string of the molecule is O=C(O)CN(C(=O)c1ccc[nH]c1=O)c1ccc(O)cc1. The first-order chi connectivity index (χ1) is 9.99. The number of aromatic nitrogens is 1. The molecule has 1 aromatic heterocycles. The van der Waals surface area contributed by atoms with Gasteiger partial charge >= 0.3 is 5.97 Å². The van der Waals surface area contributed by atoms with Gasteiger partial charge in [-0.05, 0) is 36.4 Å². The standard InChI is InChI=1S/C14H12N2O5/c17-10-5-3-9(4-6-10)16(8-12(18)19)14(21)11-2-1-7-15-13(11)20/h1-7,17H,8H2,(H,15,20)(H,18,19). The third-order valence-electron chi connectivity index (χ3n) is 2.75. The normalized spacial score (nSPS) is 10.1. The van der Waals surface area contributed by atoms with E-state index in [1.165, 1.54) is 42.6 Å². The van der Waals surface area contributed by atoms with Crippen molar-refractivity contribution in [2.75, 3.05) is 11.4 Å². The smallest absolute Gasteiger partial charge is 0.323 e. The fraction of sp³-hybridized carbons (Fsp3) is 0.0714. The van der Waals surface area contributed by atoms with Gasteiger partial charge in [-0.3, -0.25) is 19.3 Å². The molecule has 0 aliphatic carbocycles. The highest BCUT2D eigenvalue weighted by atomic mass is 16.4. The molecule has 0 unspecified atom stereocenters. The molecule has 7 heteroatoms. The van der Waals surface area contributed by atoms with Crippen molar-refractivity contribution in [3.63, 3.8) is 0 Å². The minimum absolute atomic E-state index is 0.0148. The Morgan fingerprint density at radius 1 is 1.14 bits per heavy atom. The monoisotopic (exact) mass is 288 g/mol. The minimum atomic E-state index is -1.22. The van der Waals surface area contributed by atoms with Crippen LogP contribution in [0, 0.1) is 0 Å². The fourth-order valence-corrected chi connectivity index (χ4v) is 1.78. The Balaban J connectivity index is 2.43. The molecule has 0 spiro atoms. The number of rotatable bonds is 4. The maximum absolute atomic E-state index is 12.4. The highest BCUT2D eigenvalue weighted by molar-refractivity contribution is 6.07. The first kappa shape index (κ1) is 14.3. The summed E-state index contributed by atoms with van der Waals surface area (Å²) in [6, 6.07) is 8.24. The average molecular weight is 288 g/mol. The van der Waals surface area contributed by atoms with Crippen molar-refractivity contribution in [3.05, 3.63) is 58.5 Å². The molecule has 0 atom stereocenters. The van der Waals surface area contributed by atoms with Crippen molar-refractivity contribution in [2.45, 2.75) is 0 Å². The summed E-state index contributed by atoms with van der Waals surface area (Å²) in [5.74, 6) is -1.97. The Morgan fingerprint density at radius 3 is 2.38 bits per heavy atom. The zero-order chi connectivity index (χ0) is 15.4. The second-order valence-corrected chi connectivity index (χ2v) is 4.21. The van der Waals surface area contributed by atoms with E-state index in [9.17, 15) is 19.5 Å². The molecule has 1 amide bonds. The van der Waals surface area contributed by atoms with Crippen LogP contribution in [0.15, 0.2) is 47.4 Å². The van der Waals surface area contributed by atoms with Crippen molar-refractivity contribution < 1.29 is 19.8 Å². The maximum Gasteiger partial charge on any atom is 0.323 e. The van der Waals surface area contributed by atoms with Crippen molar-refractivity contribution in [3.8, 4) is 5.75 Å². The first-order valence-electron chi connectivity index (χ1n) is 5.99. The van der Waals surface area contributed by atoms with Crippen LogP contribution in [0.5, 0.6) is 5.75 Å². The van der Waals surface area contributed by atoms with E-state index in [4.69, 9.17) is 5.11 Å². The lowest BCUT2D eigenvalue weighted by Gasteiger charge is -2.20. The van der Waals surface area contributed by atoms with Crippen LogP contribution in [-0.2, 0) is 4.79 Å². The summed E-state index contributed by atoms with van der Waals surface area (Å²) in [5, 5.41) is 18.2. The van der Waals surface area contributed by atoms with E-state index >= 15 is 0 Å². The number of phenolic OH excluding ortho intramolecular Hbond substituents is 1. The van der Waals surface area contributed by atoms with Crippen LogP contribution in [0.1, 0.15) is 10.4 Å². The molecular weight excluding hydrogens is 276 g/mol. The number of hydrogen-bond acceptors (Lipinski definition) is 4. The molecule has 2 rings (SSSR count). The van der Waals surface area contributed by atoms with E-state index < -0.39 is 24.0 Å². The molecular formula is C14H12N2O5. The predicted molar refractivity (Wildman–Crippen MR) is 74.5 cm³/mol. The average Bonchev–Trinajstić information content (AvgIpc) is 2.45. The number of nitrogens with one attached hydrogen (secondary N) is 1. The number of phenols is 1. The van der Waals surface area contributed by atoms with E-state index in [0.717, 1.165) is 4.90 Å². The second kappa shape index (κ2) is 5.91. The van der Waals surface area contributed by atoms with Crippen LogP contribution in [-0.4, -0.2) is 33.6 Å². The molecule has 1 heterocycles. The number of benzene rings is 1. The van der Waals surface area contributed by atoms with Gasteiger partial charge in [0.15, 0.2) is 0 Å². The molecule has 21 heavy (non-hydrogen) atoms. The molecule has 0 saturated carbocycles. The van der Waals surface area contributed by atoms with Gasteiger partial charge < -0.3 is 15.2 Å². The Morgan fingerprint density at radius 2 is 1.81 bits per heavy atom. The number of aliphatic carboxylic acids is 1. The molecule has 0 fully saturated rings. The third kappa shape index (κ3) is 3.27. The minimum Gasteiger partial charge on any atom is -0.508 e. The quantitative estimate of drug-likeness (QED) is 0.771. The van der Waals surface area contributed by atoms with Crippen molar-refractivity contribution >= 4 is 17.6 Å². The molecule has 0 bridgehead atoms. The lowest BCUT2D eigenvalue weighted by Crippen LogP contribution is -2.38. The van der Waals surface area contributed by atoms with E-state index in [1.807, 2.05) is 0 Å². The summed E-state index contributed by atoms with van der Waals surface area (Å²) in [6.07, 6.45) is 1.38. The summed E-state index contributed by atoms with van der Waals surface area (Å²) < 4.78 is 0. The van der Waals surface area contributed by atoms with Gasteiger partial charge in [0.25, 0.3) is 11.5 Å². The fourth-order valence-electron chi connectivity index (χ4n) is 1.78. The van der Waals surface area contributed by atoms with Crippen LogP contribution in [0.3, 0.4) is 0 Å². The second-order valence-electron chi connectivity index (χ2n) is 4.21. The van der Waals surface area contributed by atoms with Crippen molar-refractivity contribution in [1.82, 2.24) is 4.98 Å². The van der Waals surface area contributed by atoms with Crippen LogP contribution in [0.25, 0.3) is 0 Å². The van der Waals surface area contributed by atoms with Gasteiger partial charge in [0.2, 0.25) is 0 Å². The van der Waals surface area contributed by atoms with Gasteiger partial charge in [-0.2, -0.15) is 0 Å². The largest absolute Gasteiger partial charge is 0.508 e. The van der Waals surface area contributed by atoms with Crippen molar-refractivity contribution in [1.29, 1.82) is 0 Å². The van der Waals surface area contributed by atoms with Crippen LogP contribution < -0.4 is 10.5 Å². The zero-order valence-electron chi connectivity index (χ0n) is 10.8. The van der Waals surface area contributed by atoms with Crippen LogP contribution in [0.4, 0.5) is 5.69 Å². The van der Waals surface area contributed by atoms with Gasteiger partial charge in [-0.25, -0.2) is 0 Å². The van der Waals surface area contributed by atoms with E-state index in [-0.39, 0.29) is 17.0 Å². The summed E-state index contributed by atoms with van der Waals surface area (Å²) in [5.41, 5.74) is -0.494. The van der Waals surface area contributed by atoms with Gasteiger partial charge in [0, 0.05) is 11.9 Å². The molecule has 0 aliphatic rings. The lowest BCUT2D eigenvalue weighted by atomic mass is 10.2. The molecule has 108 valence electrons. The molecule has 0 aliphatic heterocycles. The number of carboxylic acids is 1. The first-order valence-corrected chi connectivity index (χ1v) is 5.99. The summed E-state index contributed by atoms with van der Waals surface area (Å²) >= 11 is 0. The Kier molecular flexibility index (Phi) is 4.03.